The average Bonchev–Trinajstić information content (AvgIpc) is 2.29. The first kappa shape index (κ1) is 13.0. The lowest BCUT2D eigenvalue weighted by atomic mass is 9.89. The van der Waals surface area contributed by atoms with Crippen LogP contribution in [0, 0.1) is 0 Å². The summed E-state index contributed by atoms with van der Waals surface area (Å²) < 4.78 is 10.3. The van der Waals surface area contributed by atoms with Crippen LogP contribution in [0.25, 0.3) is 0 Å². The lowest BCUT2D eigenvalue weighted by Crippen LogP contribution is -2.21. The molecule has 0 fully saturated rings. The zero-order valence-corrected chi connectivity index (χ0v) is 9.93. The van der Waals surface area contributed by atoms with Crippen LogP contribution in [0.15, 0.2) is 12.1 Å². The van der Waals surface area contributed by atoms with E-state index in [0.29, 0.717) is 30.5 Å². The summed E-state index contributed by atoms with van der Waals surface area (Å²) in [6.45, 7) is 5.04. The second kappa shape index (κ2) is 6.50. The van der Waals surface area contributed by atoms with Crippen molar-refractivity contribution in [3.63, 3.8) is 0 Å². The number of nitrogens with zero attached hydrogens (tertiary/aromatic N) is 1. The average molecular weight is 222 g/mol. The first-order chi connectivity index (χ1) is 7.69. The first-order valence-electron chi connectivity index (χ1n) is 5.29. The predicted octanol–water partition coefficient (Wildman–Crippen LogP) is 0.467. The van der Waals surface area contributed by atoms with Gasteiger partial charge in [-0.25, -0.2) is 4.98 Å². The van der Waals surface area contributed by atoms with Crippen LogP contribution in [0.2, 0.25) is 0 Å². The molecular weight excluding hydrogens is 205 g/mol. The number of methoxy groups -OCH3 is 1. The summed E-state index contributed by atoms with van der Waals surface area (Å²) in [5, 5.41) is 9.03. The molecule has 1 N–H and O–H groups in total. The minimum Gasteiger partial charge on any atom is -0.476 e. The van der Waals surface area contributed by atoms with Gasteiger partial charge in [0.05, 0.1) is 6.61 Å². The predicted molar refractivity (Wildman–Crippen MR) is 63.3 cm³/mol. The Balaban J connectivity index is 2.80. The zero-order valence-electron chi connectivity index (χ0n) is 9.93. The molecule has 87 valence electrons. The van der Waals surface area contributed by atoms with Gasteiger partial charge >= 0.3 is 7.48 Å². The van der Waals surface area contributed by atoms with Gasteiger partial charge in [0.15, 0.2) is 0 Å². The van der Waals surface area contributed by atoms with Crippen molar-refractivity contribution in [2.75, 3.05) is 20.3 Å². The van der Waals surface area contributed by atoms with Gasteiger partial charge < -0.3 is 14.5 Å². The van der Waals surface area contributed by atoms with Crippen LogP contribution >= 0.6 is 0 Å². The summed E-state index contributed by atoms with van der Waals surface area (Å²) in [7, 11) is 2.61. The van der Waals surface area contributed by atoms with Crippen LogP contribution in [0.1, 0.15) is 25.5 Å². The van der Waals surface area contributed by atoms with E-state index in [1.54, 1.807) is 13.2 Å². The quantitative estimate of drug-likeness (QED) is 0.561. The SMILES string of the molecule is COCCOc1nc(C(C)C)ccc1[B]O. The van der Waals surface area contributed by atoms with E-state index in [4.69, 9.17) is 14.5 Å². The van der Waals surface area contributed by atoms with Gasteiger partial charge in [0, 0.05) is 18.3 Å². The van der Waals surface area contributed by atoms with Crippen molar-refractivity contribution in [3.05, 3.63) is 17.8 Å². The molecule has 1 rings (SSSR count). The Labute approximate surface area is 96.9 Å². The van der Waals surface area contributed by atoms with Gasteiger partial charge in [0.2, 0.25) is 5.88 Å². The van der Waals surface area contributed by atoms with E-state index in [1.165, 1.54) is 0 Å². The third-order valence-corrected chi connectivity index (χ3v) is 2.17. The smallest absolute Gasteiger partial charge is 0.332 e. The van der Waals surface area contributed by atoms with Crippen molar-refractivity contribution in [1.29, 1.82) is 0 Å². The van der Waals surface area contributed by atoms with Gasteiger partial charge in [0.25, 0.3) is 0 Å². The van der Waals surface area contributed by atoms with Gasteiger partial charge in [-0.1, -0.05) is 19.9 Å². The molecule has 0 amide bonds. The largest absolute Gasteiger partial charge is 0.476 e. The summed E-state index contributed by atoms with van der Waals surface area (Å²) >= 11 is 0. The highest BCUT2D eigenvalue weighted by Gasteiger charge is 2.09. The second-order valence-electron chi connectivity index (χ2n) is 3.76. The van der Waals surface area contributed by atoms with E-state index in [0.717, 1.165) is 13.2 Å². The van der Waals surface area contributed by atoms with Crippen LogP contribution in [-0.2, 0) is 4.74 Å². The molecule has 0 aliphatic heterocycles. The normalized spacial score (nSPS) is 10.6. The zero-order chi connectivity index (χ0) is 12.0. The van der Waals surface area contributed by atoms with E-state index < -0.39 is 0 Å². The Hall–Kier alpha value is -1.07. The fourth-order valence-electron chi connectivity index (χ4n) is 1.22. The Bertz CT molecular complexity index is 331. The van der Waals surface area contributed by atoms with Gasteiger partial charge in [-0.3, -0.25) is 0 Å². The molecule has 0 aliphatic rings. The summed E-state index contributed by atoms with van der Waals surface area (Å²) in [6, 6.07) is 3.68. The third-order valence-electron chi connectivity index (χ3n) is 2.17. The fourth-order valence-corrected chi connectivity index (χ4v) is 1.22. The number of ether oxygens (including phenoxy) is 2. The highest BCUT2D eigenvalue weighted by atomic mass is 16.5. The molecule has 0 atom stereocenters. The summed E-state index contributed by atoms with van der Waals surface area (Å²) in [6.07, 6.45) is 0. The minimum atomic E-state index is 0.331. The minimum absolute atomic E-state index is 0.331. The van der Waals surface area contributed by atoms with Crippen LogP contribution in [0.4, 0.5) is 0 Å². The maximum Gasteiger partial charge on any atom is 0.332 e. The highest BCUT2D eigenvalue weighted by molar-refractivity contribution is 6.46. The molecule has 1 aromatic rings. The van der Waals surface area contributed by atoms with E-state index in [1.807, 2.05) is 6.07 Å². The van der Waals surface area contributed by atoms with Crippen molar-refractivity contribution in [2.45, 2.75) is 19.8 Å². The topological polar surface area (TPSA) is 51.6 Å². The highest BCUT2D eigenvalue weighted by Crippen LogP contribution is 2.13. The molecule has 0 aromatic carbocycles. The molecule has 0 bridgehead atoms. The molecule has 16 heavy (non-hydrogen) atoms. The monoisotopic (exact) mass is 222 g/mol. The van der Waals surface area contributed by atoms with Gasteiger partial charge in [0.1, 0.15) is 6.61 Å². The van der Waals surface area contributed by atoms with Crippen molar-refractivity contribution >= 4 is 12.9 Å². The standard InChI is InChI=1S/C11H17BNO3/c1-8(2)10-5-4-9(12-14)11(13-10)16-7-6-15-3/h4-5,8,14H,6-7H2,1-3H3. The number of rotatable bonds is 6. The lowest BCUT2D eigenvalue weighted by molar-refractivity contribution is 0.144. The fraction of sp³-hybridized carbons (Fsp3) is 0.545. The van der Waals surface area contributed by atoms with E-state index >= 15 is 0 Å². The van der Waals surface area contributed by atoms with Gasteiger partial charge in [-0.05, 0) is 12.0 Å². The molecular formula is C11H17BNO3. The maximum atomic E-state index is 9.03. The molecule has 0 saturated carbocycles. The first-order valence-corrected chi connectivity index (χ1v) is 5.29. The summed E-state index contributed by atoms with van der Waals surface area (Å²) in [5.74, 6) is 0.781. The Morgan fingerprint density at radius 3 is 2.69 bits per heavy atom. The number of hydrogen-bond acceptors (Lipinski definition) is 4. The molecule has 1 aromatic heterocycles. The van der Waals surface area contributed by atoms with E-state index in [2.05, 4.69) is 18.8 Å². The van der Waals surface area contributed by atoms with Crippen LogP contribution in [0.3, 0.4) is 0 Å². The molecule has 4 nitrogen and oxygen atoms in total. The molecule has 0 saturated heterocycles. The van der Waals surface area contributed by atoms with Crippen molar-refractivity contribution in [2.24, 2.45) is 0 Å². The number of pyridine rings is 1. The van der Waals surface area contributed by atoms with Gasteiger partial charge in [-0.2, -0.15) is 0 Å². The number of aromatic nitrogens is 1. The van der Waals surface area contributed by atoms with Gasteiger partial charge in [-0.15, -0.1) is 0 Å². The molecule has 1 heterocycles. The summed E-state index contributed by atoms with van der Waals surface area (Å²) in [5.41, 5.74) is 1.53. The Kier molecular flexibility index (Phi) is 5.28. The van der Waals surface area contributed by atoms with Crippen LogP contribution < -0.4 is 10.2 Å². The van der Waals surface area contributed by atoms with Crippen molar-refractivity contribution < 1.29 is 14.5 Å². The van der Waals surface area contributed by atoms with E-state index in [-0.39, 0.29) is 0 Å². The molecule has 0 unspecified atom stereocenters. The van der Waals surface area contributed by atoms with Crippen LogP contribution in [0.5, 0.6) is 5.88 Å². The van der Waals surface area contributed by atoms with Crippen molar-refractivity contribution in [3.8, 4) is 5.88 Å². The molecule has 0 spiro atoms. The third kappa shape index (κ3) is 3.50. The number of hydrogen-bond donors (Lipinski definition) is 1. The molecule has 0 aliphatic carbocycles. The van der Waals surface area contributed by atoms with E-state index in [9.17, 15) is 0 Å². The molecule has 1 radical (unpaired) electrons. The summed E-state index contributed by atoms with van der Waals surface area (Å²) in [4.78, 5) is 4.35. The van der Waals surface area contributed by atoms with Crippen LogP contribution in [-0.4, -0.2) is 37.8 Å². The Morgan fingerprint density at radius 1 is 1.38 bits per heavy atom. The Morgan fingerprint density at radius 2 is 2.12 bits per heavy atom. The second-order valence-corrected chi connectivity index (χ2v) is 3.76. The lowest BCUT2D eigenvalue weighted by Gasteiger charge is -2.11. The maximum absolute atomic E-state index is 9.03. The molecule has 5 heteroatoms. The van der Waals surface area contributed by atoms with Crippen molar-refractivity contribution in [1.82, 2.24) is 4.98 Å².